The summed E-state index contributed by atoms with van der Waals surface area (Å²) >= 11 is 0. The zero-order valence-electron chi connectivity index (χ0n) is 14.2. The Hall–Kier alpha value is 0.330. The first kappa shape index (κ1) is 30.2. The predicted octanol–water partition coefficient (Wildman–Crippen LogP) is -5.78. The van der Waals surface area contributed by atoms with E-state index in [1.54, 1.807) is 14.1 Å². The Morgan fingerprint density at radius 1 is 1.18 bits per heavy atom. The predicted molar refractivity (Wildman–Crippen MR) is 77.7 cm³/mol. The van der Waals surface area contributed by atoms with E-state index < -0.39 is 27.3 Å². The third kappa shape index (κ3) is 20.3. The number of nitrogens with one attached hydrogen (secondary N) is 1. The van der Waals surface area contributed by atoms with Crippen molar-refractivity contribution < 1.29 is 81.7 Å². The van der Waals surface area contributed by atoms with Crippen LogP contribution in [0.1, 0.15) is 13.8 Å². The summed E-state index contributed by atoms with van der Waals surface area (Å²) in [5.41, 5.74) is -1.00. The summed E-state index contributed by atoms with van der Waals surface area (Å²) in [5.74, 6) is -1.06. The Balaban J connectivity index is -0.000000156. The number of amides is 2. The fourth-order valence-corrected chi connectivity index (χ4v) is 2.04. The molecule has 0 aromatic heterocycles. The quantitative estimate of drug-likeness (QED) is 0.292. The second-order valence-corrected chi connectivity index (χ2v) is 6.19. The molecule has 0 bridgehead atoms. The minimum Gasteiger partial charge on any atom is -0.347 e. The molecule has 0 aliphatic heterocycles. The zero-order valence-corrected chi connectivity index (χ0v) is 19.0. The van der Waals surface area contributed by atoms with Gasteiger partial charge in [-0.15, -0.1) is 0 Å². The number of carbonyl (C=O) groups excluding carboxylic acids is 2. The second-order valence-electron chi connectivity index (χ2n) is 4.74. The molecule has 0 aromatic rings. The summed E-state index contributed by atoms with van der Waals surface area (Å²) < 4.78 is 29.5. The molecule has 0 saturated carbocycles. The van der Waals surface area contributed by atoms with Crippen LogP contribution in [0.5, 0.6) is 0 Å². The smallest absolute Gasteiger partial charge is 0.347 e. The van der Waals surface area contributed by atoms with Crippen molar-refractivity contribution in [3.05, 3.63) is 25.3 Å². The normalized spacial score (nSPS) is 9.68. The van der Waals surface area contributed by atoms with Gasteiger partial charge in [0.25, 0.3) is 10.1 Å². The van der Waals surface area contributed by atoms with Gasteiger partial charge in [-0.2, -0.15) is 8.42 Å². The van der Waals surface area contributed by atoms with Gasteiger partial charge in [-0.25, -0.2) is 0 Å². The Morgan fingerprint density at radius 3 is 1.77 bits per heavy atom. The van der Waals surface area contributed by atoms with Gasteiger partial charge in [0.1, 0.15) is 0 Å². The molecule has 0 atom stereocenters. The van der Waals surface area contributed by atoms with Crippen molar-refractivity contribution in [2.24, 2.45) is 0 Å². The van der Waals surface area contributed by atoms with Crippen molar-refractivity contribution in [2.45, 2.75) is 19.4 Å². The number of nitrogens with zero attached hydrogens (tertiary/aromatic N) is 1. The molecule has 2 amide bonds. The first-order valence-corrected chi connectivity index (χ1v) is 7.19. The molecule has 0 aromatic carbocycles. The molecule has 0 heterocycles. The number of likely N-dealkylation sites (N-methyl/N-ethyl adjacent to an activating group) is 1. The number of hydrogen-bond donors (Lipinski definition) is 2. The Labute approximate surface area is 176 Å². The molecule has 7 nitrogen and oxygen atoms in total. The second kappa shape index (κ2) is 13.7. The van der Waals surface area contributed by atoms with Crippen LogP contribution in [0, 0.1) is 0 Å². The van der Waals surface area contributed by atoms with Gasteiger partial charge in [-0.1, -0.05) is 13.2 Å². The SMILES string of the molecule is C=CC(=O)N(C)C.C=CC(=O)NC(C)(C)CS(=O)(=O)O.[Na+].[Na+]. The minimum absolute atomic E-state index is 0. The fraction of sp³-hybridized carbons (Fsp3) is 0.500. The third-order valence-electron chi connectivity index (χ3n) is 1.81. The molecule has 0 aliphatic carbocycles. The largest absolute Gasteiger partial charge is 1.00 e. The molecule has 0 spiro atoms. The first-order valence-electron chi connectivity index (χ1n) is 5.58. The van der Waals surface area contributed by atoms with Crippen LogP contribution in [0.3, 0.4) is 0 Å². The Bertz CT molecular complexity index is 476. The molecule has 116 valence electrons. The van der Waals surface area contributed by atoms with E-state index in [-0.39, 0.29) is 65.0 Å². The van der Waals surface area contributed by atoms with Gasteiger partial charge in [0.05, 0.1) is 11.3 Å². The van der Waals surface area contributed by atoms with Crippen LogP contribution < -0.4 is 64.4 Å². The van der Waals surface area contributed by atoms with E-state index in [0.717, 1.165) is 6.08 Å². The standard InChI is InChI=1S/C7H13NO4S.C5H9NO.2Na/c1-4-6(9)8-7(2,3)5-13(10,11)12;1-4-5(7)6(2)3;;/h4H,1,5H2,2-3H3,(H,8,9)(H,10,11,12);4H,1H2,2-3H3;;/q;;2*+1. The number of carbonyl (C=O) groups is 2. The average Bonchev–Trinajstić information content (AvgIpc) is 2.24. The molecular weight excluding hydrogens is 330 g/mol. The molecule has 10 heteroatoms. The number of rotatable bonds is 5. The van der Waals surface area contributed by atoms with Crippen molar-refractivity contribution in [2.75, 3.05) is 19.8 Å². The van der Waals surface area contributed by atoms with Crippen LogP contribution in [0.25, 0.3) is 0 Å². The zero-order chi connectivity index (χ0) is 16.6. The van der Waals surface area contributed by atoms with Crippen LogP contribution in [0.4, 0.5) is 0 Å². The summed E-state index contributed by atoms with van der Waals surface area (Å²) in [6, 6.07) is 0. The molecule has 0 fully saturated rings. The summed E-state index contributed by atoms with van der Waals surface area (Å²) in [5, 5.41) is 2.37. The summed E-state index contributed by atoms with van der Waals surface area (Å²) in [6.07, 6.45) is 2.31. The van der Waals surface area contributed by atoms with Gasteiger partial charge in [0.2, 0.25) is 11.8 Å². The summed E-state index contributed by atoms with van der Waals surface area (Å²) in [6.45, 7) is 9.48. The van der Waals surface area contributed by atoms with E-state index >= 15 is 0 Å². The van der Waals surface area contributed by atoms with Gasteiger partial charge in [0.15, 0.2) is 0 Å². The van der Waals surface area contributed by atoms with Gasteiger partial charge >= 0.3 is 59.1 Å². The van der Waals surface area contributed by atoms with Crippen molar-refractivity contribution in [1.29, 1.82) is 0 Å². The third-order valence-corrected chi connectivity index (χ3v) is 2.89. The minimum atomic E-state index is -4.08. The van der Waals surface area contributed by atoms with Crippen molar-refractivity contribution in [3.63, 3.8) is 0 Å². The monoisotopic (exact) mass is 352 g/mol. The maximum atomic E-state index is 10.8. The van der Waals surface area contributed by atoms with Crippen LogP contribution in [0.15, 0.2) is 25.3 Å². The number of hydrogen-bond acceptors (Lipinski definition) is 4. The van der Waals surface area contributed by atoms with Gasteiger partial charge < -0.3 is 10.2 Å². The van der Waals surface area contributed by atoms with Crippen LogP contribution in [-0.2, 0) is 19.7 Å². The van der Waals surface area contributed by atoms with Crippen LogP contribution in [0.2, 0.25) is 0 Å². The molecule has 0 aliphatic rings. The fourth-order valence-electron chi connectivity index (χ4n) is 1.06. The maximum Gasteiger partial charge on any atom is 1.00 e. The van der Waals surface area contributed by atoms with E-state index in [4.69, 9.17) is 4.55 Å². The van der Waals surface area contributed by atoms with E-state index in [1.807, 2.05) is 0 Å². The van der Waals surface area contributed by atoms with Gasteiger partial charge in [-0.3, -0.25) is 14.1 Å². The summed E-state index contributed by atoms with van der Waals surface area (Å²) in [4.78, 5) is 22.6. The van der Waals surface area contributed by atoms with Gasteiger partial charge in [0, 0.05) is 14.1 Å². The Kier molecular flexibility index (Phi) is 18.9. The first-order chi connectivity index (χ1) is 8.84. The Morgan fingerprint density at radius 2 is 1.59 bits per heavy atom. The maximum absolute atomic E-state index is 10.8. The van der Waals surface area contributed by atoms with Crippen molar-refractivity contribution in [3.8, 4) is 0 Å². The summed E-state index contributed by atoms with van der Waals surface area (Å²) in [7, 11) is -0.716. The molecule has 2 N–H and O–H groups in total. The van der Waals surface area contributed by atoms with Crippen LogP contribution >= 0.6 is 0 Å². The topological polar surface area (TPSA) is 104 Å². The van der Waals surface area contributed by atoms with E-state index in [9.17, 15) is 18.0 Å². The van der Waals surface area contributed by atoms with E-state index in [1.165, 1.54) is 24.8 Å². The average molecular weight is 352 g/mol. The van der Waals surface area contributed by atoms with E-state index in [0.29, 0.717) is 0 Å². The molecule has 0 rings (SSSR count). The molecule has 22 heavy (non-hydrogen) atoms. The van der Waals surface area contributed by atoms with Crippen molar-refractivity contribution in [1.82, 2.24) is 10.2 Å². The van der Waals surface area contributed by atoms with Gasteiger partial charge in [-0.05, 0) is 26.0 Å². The molecule has 0 saturated heterocycles. The van der Waals surface area contributed by atoms with Crippen molar-refractivity contribution >= 4 is 21.9 Å². The van der Waals surface area contributed by atoms with Crippen LogP contribution in [-0.4, -0.2) is 55.1 Å². The molecular formula is C12H22N2Na2O5S+2. The molecule has 0 unspecified atom stereocenters. The molecule has 0 radical (unpaired) electrons. The van der Waals surface area contributed by atoms with E-state index in [2.05, 4.69) is 18.5 Å².